The Bertz CT molecular complexity index is 378. The van der Waals surface area contributed by atoms with Gasteiger partial charge in [0.25, 0.3) is 0 Å². The van der Waals surface area contributed by atoms with Crippen LogP contribution in [0.5, 0.6) is 5.75 Å². The summed E-state index contributed by atoms with van der Waals surface area (Å²) in [6.07, 6.45) is 1.57. The molecule has 1 rings (SSSR count). The van der Waals surface area contributed by atoms with E-state index in [1.807, 2.05) is 32.9 Å². The number of hydrogen-bond acceptors (Lipinski definition) is 4. The Labute approximate surface area is 110 Å². The highest BCUT2D eigenvalue weighted by molar-refractivity contribution is 5.29. The van der Waals surface area contributed by atoms with E-state index in [9.17, 15) is 0 Å². The number of hydrogen-bond donors (Lipinski definition) is 1. The molecule has 0 aromatic carbocycles. The van der Waals surface area contributed by atoms with Crippen molar-refractivity contribution in [3.8, 4) is 5.75 Å². The van der Waals surface area contributed by atoms with Crippen molar-refractivity contribution in [3.63, 3.8) is 0 Å². The van der Waals surface area contributed by atoms with Crippen LogP contribution >= 0.6 is 0 Å². The molecule has 0 radical (unpaired) electrons. The first-order valence-corrected chi connectivity index (χ1v) is 6.33. The SMILES string of the molecule is COC(C)(C)CCOc1ccc(C)nc1CCN. The molecule has 0 aliphatic carbocycles. The van der Waals surface area contributed by atoms with Crippen molar-refractivity contribution in [3.05, 3.63) is 23.5 Å². The summed E-state index contributed by atoms with van der Waals surface area (Å²) >= 11 is 0. The summed E-state index contributed by atoms with van der Waals surface area (Å²) in [4.78, 5) is 4.46. The predicted octanol–water partition coefficient (Wildman–Crippen LogP) is 2.09. The summed E-state index contributed by atoms with van der Waals surface area (Å²) in [5.74, 6) is 0.831. The lowest BCUT2D eigenvalue weighted by atomic mass is 10.1. The van der Waals surface area contributed by atoms with Gasteiger partial charge < -0.3 is 15.2 Å². The third-order valence-electron chi connectivity index (χ3n) is 2.97. The summed E-state index contributed by atoms with van der Waals surface area (Å²) in [7, 11) is 1.72. The highest BCUT2D eigenvalue weighted by Crippen LogP contribution is 2.19. The minimum absolute atomic E-state index is 0.161. The summed E-state index contributed by atoms with van der Waals surface area (Å²) in [6.45, 7) is 7.26. The van der Waals surface area contributed by atoms with Crippen molar-refractivity contribution in [2.24, 2.45) is 5.73 Å². The van der Waals surface area contributed by atoms with Crippen molar-refractivity contribution in [2.45, 2.75) is 39.2 Å². The molecule has 0 bridgehead atoms. The second-order valence-electron chi connectivity index (χ2n) is 5.00. The summed E-state index contributed by atoms with van der Waals surface area (Å²) in [6, 6.07) is 3.92. The van der Waals surface area contributed by atoms with E-state index in [-0.39, 0.29) is 5.60 Å². The third-order valence-corrected chi connectivity index (χ3v) is 2.97. The lowest BCUT2D eigenvalue weighted by Gasteiger charge is -2.23. The molecule has 2 N–H and O–H groups in total. The molecule has 1 aromatic heterocycles. The first-order valence-electron chi connectivity index (χ1n) is 6.33. The molecule has 0 fully saturated rings. The molecule has 18 heavy (non-hydrogen) atoms. The molecule has 0 saturated heterocycles. The van der Waals surface area contributed by atoms with Gasteiger partial charge >= 0.3 is 0 Å². The van der Waals surface area contributed by atoms with Crippen LogP contribution in [-0.2, 0) is 11.2 Å². The van der Waals surface area contributed by atoms with E-state index in [4.69, 9.17) is 15.2 Å². The fourth-order valence-corrected chi connectivity index (χ4v) is 1.55. The number of rotatable bonds is 7. The van der Waals surface area contributed by atoms with Gasteiger partial charge in [0.2, 0.25) is 0 Å². The minimum atomic E-state index is -0.161. The van der Waals surface area contributed by atoms with E-state index in [0.29, 0.717) is 13.2 Å². The van der Waals surface area contributed by atoms with Gasteiger partial charge in [-0.05, 0) is 39.4 Å². The lowest BCUT2D eigenvalue weighted by molar-refractivity contribution is 0.00534. The monoisotopic (exact) mass is 252 g/mol. The Kier molecular flexibility index (Phi) is 5.56. The second-order valence-corrected chi connectivity index (χ2v) is 5.00. The van der Waals surface area contributed by atoms with E-state index in [2.05, 4.69) is 4.98 Å². The topological polar surface area (TPSA) is 57.4 Å². The van der Waals surface area contributed by atoms with E-state index in [1.54, 1.807) is 7.11 Å². The molecular formula is C14H24N2O2. The van der Waals surface area contributed by atoms with Crippen LogP contribution in [0, 0.1) is 6.92 Å². The van der Waals surface area contributed by atoms with Gasteiger partial charge in [0.05, 0.1) is 17.9 Å². The van der Waals surface area contributed by atoms with Crippen LogP contribution < -0.4 is 10.5 Å². The van der Waals surface area contributed by atoms with Crippen molar-refractivity contribution >= 4 is 0 Å². The molecule has 0 amide bonds. The van der Waals surface area contributed by atoms with Gasteiger partial charge in [-0.2, -0.15) is 0 Å². The number of aromatic nitrogens is 1. The maximum Gasteiger partial charge on any atom is 0.140 e. The minimum Gasteiger partial charge on any atom is -0.492 e. The van der Waals surface area contributed by atoms with Gasteiger partial charge in [0.1, 0.15) is 5.75 Å². The van der Waals surface area contributed by atoms with Crippen molar-refractivity contribution in [1.82, 2.24) is 4.98 Å². The van der Waals surface area contributed by atoms with Gasteiger partial charge in [0, 0.05) is 25.6 Å². The maximum atomic E-state index is 5.78. The molecule has 0 saturated carbocycles. The van der Waals surface area contributed by atoms with Gasteiger partial charge in [0.15, 0.2) is 0 Å². The molecular weight excluding hydrogens is 228 g/mol. The predicted molar refractivity (Wildman–Crippen MR) is 72.9 cm³/mol. The van der Waals surface area contributed by atoms with E-state index < -0.39 is 0 Å². The largest absolute Gasteiger partial charge is 0.492 e. The Balaban J connectivity index is 2.61. The Morgan fingerprint density at radius 3 is 2.67 bits per heavy atom. The van der Waals surface area contributed by atoms with Crippen molar-refractivity contribution in [2.75, 3.05) is 20.3 Å². The first-order chi connectivity index (χ1) is 8.48. The molecule has 102 valence electrons. The molecule has 1 heterocycles. The van der Waals surface area contributed by atoms with Crippen LogP contribution in [0.1, 0.15) is 31.7 Å². The molecule has 0 aliphatic heterocycles. The quantitative estimate of drug-likeness (QED) is 0.807. The Hall–Kier alpha value is -1.13. The van der Waals surface area contributed by atoms with E-state index in [0.717, 1.165) is 30.0 Å². The molecule has 4 heteroatoms. The molecule has 0 spiro atoms. The lowest BCUT2D eigenvalue weighted by Crippen LogP contribution is -2.25. The average molecular weight is 252 g/mol. The molecule has 0 atom stereocenters. The summed E-state index contributed by atoms with van der Waals surface area (Å²) < 4.78 is 11.1. The maximum absolute atomic E-state index is 5.78. The zero-order chi connectivity index (χ0) is 13.6. The smallest absolute Gasteiger partial charge is 0.140 e. The standard InChI is InChI=1S/C14H24N2O2/c1-11-5-6-13(12(16-11)7-9-15)18-10-8-14(2,3)17-4/h5-6H,7-10,15H2,1-4H3. The number of ether oxygens (including phenoxy) is 2. The van der Waals surface area contributed by atoms with Crippen LogP contribution in [0.3, 0.4) is 0 Å². The number of aryl methyl sites for hydroxylation is 1. The van der Waals surface area contributed by atoms with E-state index in [1.165, 1.54) is 0 Å². The van der Waals surface area contributed by atoms with Gasteiger partial charge in [-0.15, -0.1) is 0 Å². The van der Waals surface area contributed by atoms with Crippen molar-refractivity contribution < 1.29 is 9.47 Å². The molecule has 0 aliphatic rings. The number of methoxy groups -OCH3 is 1. The average Bonchev–Trinajstić information content (AvgIpc) is 2.32. The first kappa shape index (κ1) is 14.9. The van der Waals surface area contributed by atoms with Gasteiger partial charge in [-0.25, -0.2) is 0 Å². The van der Waals surface area contributed by atoms with Crippen molar-refractivity contribution in [1.29, 1.82) is 0 Å². The highest BCUT2D eigenvalue weighted by Gasteiger charge is 2.16. The second kappa shape index (κ2) is 6.71. The molecule has 1 aromatic rings. The fraction of sp³-hybridized carbons (Fsp3) is 0.643. The Morgan fingerprint density at radius 1 is 1.33 bits per heavy atom. The molecule has 4 nitrogen and oxygen atoms in total. The van der Waals surface area contributed by atoms with Crippen LogP contribution in [0.4, 0.5) is 0 Å². The normalized spacial score (nSPS) is 11.6. The zero-order valence-corrected chi connectivity index (χ0v) is 11.8. The fourth-order valence-electron chi connectivity index (χ4n) is 1.55. The van der Waals surface area contributed by atoms with Crippen LogP contribution in [-0.4, -0.2) is 30.8 Å². The van der Waals surface area contributed by atoms with Crippen LogP contribution in [0.15, 0.2) is 12.1 Å². The number of nitrogens with two attached hydrogens (primary N) is 1. The Morgan fingerprint density at radius 2 is 2.06 bits per heavy atom. The zero-order valence-electron chi connectivity index (χ0n) is 11.8. The number of pyridine rings is 1. The summed E-state index contributed by atoms with van der Waals surface area (Å²) in [5.41, 5.74) is 7.35. The van der Waals surface area contributed by atoms with Gasteiger partial charge in [-0.3, -0.25) is 4.98 Å². The highest BCUT2D eigenvalue weighted by atomic mass is 16.5. The van der Waals surface area contributed by atoms with Crippen LogP contribution in [0.25, 0.3) is 0 Å². The van der Waals surface area contributed by atoms with Gasteiger partial charge in [-0.1, -0.05) is 0 Å². The molecule has 0 unspecified atom stereocenters. The van der Waals surface area contributed by atoms with E-state index >= 15 is 0 Å². The number of nitrogens with zero attached hydrogens (tertiary/aromatic N) is 1. The third kappa shape index (κ3) is 4.63. The summed E-state index contributed by atoms with van der Waals surface area (Å²) in [5, 5.41) is 0. The van der Waals surface area contributed by atoms with Crippen LogP contribution in [0.2, 0.25) is 0 Å².